The van der Waals surface area contributed by atoms with Crippen molar-refractivity contribution in [1.82, 2.24) is 10.5 Å². The number of hydrogen-bond donors (Lipinski definition) is 1. The number of nitrogens with zero attached hydrogens (tertiary/aromatic N) is 1. The summed E-state index contributed by atoms with van der Waals surface area (Å²) in [5.74, 6) is 0.733. The molecule has 1 atom stereocenters. The number of aryl methyl sites for hydroxylation is 3. The number of rotatable bonds is 4. The molecule has 5 heteroatoms. The van der Waals surface area contributed by atoms with Gasteiger partial charge in [0.2, 0.25) is 0 Å². The van der Waals surface area contributed by atoms with Crippen LogP contribution in [0.15, 0.2) is 16.7 Å². The van der Waals surface area contributed by atoms with Crippen LogP contribution in [-0.2, 0) is 0 Å². The molecule has 102 valence electrons. The molecule has 0 saturated carbocycles. The monoisotopic (exact) mass is 278 g/mol. The number of nitrogens with one attached hydrogen (secondary N) is 1. The first kappa shape index (κ1) is 13.8. The number of hydrogen-bond acceptors (Lipinski definition) is 4. The molecule has 0 bridgehead atoms. The Morgan fingerprint density at radius 1 is 1.42 bits per heavy atom. The lowest BCUT2D eigenvalue weighted by Crippen LogP contribution is -2.28. The molecule has 0 aromatic carbocycles. The number of aromatic nitrogens is 1. The molecule has 1 N–H and O–H groups in total. The van der Waals surface area contributed by atoms with Crippen LogP contribution in [0.3, 0.4) is 0 Å². The Morgan fingerprint density at radius 3 is 2.63 bits per heavy atom. The second-order valence-electron chi connectivity index (χ2n) is 4.58. The van der Waals surface area contributed by atoms with Gasteiger partial charge in [0.15, 0.2) is 0 Å². The second-order valence-corrected chi connectivity index (χ2v) is 5.87. The van der Waals surface area contributed by atoms with Crippen molar-refractivity contribution in [2.45, 2.75) is 40.2 Å². The van der Waals surface area contributed by atoms with E-state index in [1.807, 2.05) is 39.8 Å². The maximum absolute atomic E-state index is 12.2. The van der Waals surface area contributed by atoms with Gasteiger partial charge in [0, 0.05) is 10.4 Å². The van der Waals surface area contributed by atoms with Crippen LogP contribution in [0.25, 0.3) is 0 Å². The first-order valence-electron chi connectivity index (χ1n) is 6.33. The highest BCUT2D eigenvalue weighted by molar-refractivity contribution is 7.13. The molecule has 2 aromatic rings. The van der Waals surface area contributed by atoms with E-state index in [2.05, 4.69) is 10.5 Å². The van der Waals surface area contributed by atoms with Crippen molar-refractivity contribution < 1.29 is 9.32 Å². The normalized spacial score (nSPS) is 12.4. The van der Waals surface area contributed by atoms with Crippen molar-refractivity contribution in [3.63, 3.8) is 0 Å². The van der Waals surface area contributed by atoms with Crippen LogP contribution in [0.2, 0.25) is 0 Å². The fourth-order valence-corrected chi connectivity index (χ4v) is 2.92. The van der Waals surface area contributed by atoms with Crippen LogP contribution in [0, 0.1) is 20.8 Å². The Labute approximate surface area is 116 Å². The third kappa shape index (κ3) is 2.87. The Bertz CT molecular complexity index is 567. The summed E-state index contributed by atoms with van der Waals surface area (Å²) in [5.41, 5.74) is 1.83. The second kappa shape index (κ2) is 5.57. The summed E-state index contributed by atoms with van der Waals surface area (Å²) in [4.78, 5) is 14.1. The zero-order valence-electron chi connectivity index (χ0n) is 11.6. The Kier molecular flexibility index (Phi) is 4.04. The van der Waals surface area contributed by atoms with E-state index in [-0.39, 0.29) is 11.9 Å². The third-order valence-electron chi connectivity index (χ3n) is 3.11. The lowest BCUT2D eigenvalue weighted by Gasteiger charge is -2.16. The minimum absolute atomic E-state index is 0.0371. The van der Waals surface area contributed by atoms with Crippen molar-refractivity contribution in [2.75, 3.05) is 0 Å². The largest absolute Gasteiger partial charge is 0.361 e. The van der Waals surface area contributed by atoms with E-state index >= 15 is 0 Å². The molecule has 1 amide bonds. The average Bonchev–Trinajstić information content (AvgIpc) is 2.94. The molecule has 2 heterocycles. The fourth-order valence-electron chi connectivity index (χ4n) is 2.15. The maximum atomic E-state index is 12.2. The fraction of sp³-hybridized carbons (Fsp3) is 0.429. The summed E-state index contributed by atoms with van der Waals surface area (Å²) in [7, 11) is 0. The minimum Gasteiger partial charge on any atom is -0.361 e. The lowest BCUT2D eigenvalue weighted by atomic mass is 10.0. The molecular formula is C14H18N2O2S. The molecule has 19 heavy (non-hydrogen) atoms. The zero-order chi connectivity index (χ0) is 14.0. The molecule has 0 aliphatic heterocycles. The first-order valence-corrected chi connectivity index (χ1v) is 7.14. The number of carbonyl (C=O) groups excluding carboxylic acids is 1. The van der Waals surface area contributed by atoms with Gasteiger partial charge in [-0.25, -0.2) is 0 Å². The van der Waals surface area contributed by atoms with Gasteiger partial charge in [0.05, 0.1) is 16.6 Å². The summed E-state index contributed by atoms with van der Waals surface area (Å²) in [6, 6.07) is 3.76. The van der Waals surface area contributed by atoms with Gasteiger partial charge < -0.3 is 9.84 Å². The van der Waals surface area contributed by atoms with Gasteiger partial charge in [0.1, 0.15) is 5.76 Å². The average molecular weight is 278 g/mol. The van der Waals surface area contributed by atoms with Crippen molar-refractivity contribution >= 4 is 17.2 Å². The molecule has 0 radical (unpaired) electrons. The van der Waals surface area contributed by atoms with E-state index in [1.54, 1.807) is 0 Å². The smallest absolute Gasteiger partial charge is 0.261 e. The highest BCUT2D eigenvalue weighted by Gasteiger charge is 2.21. The number of amides is 1. The predicted molar refractivity (Wildman–Crippen MR) is 75.5 cm³/mol. The van der Waals surface area contributed by atoms with Crippen molar-refractivity contribution in [3.05, 3.63) is 38.9 Å². The molecule has 0 spiro atoms. The molecule has 0 fully saturated rings. The standard InChI is InChI=1S/C14H18N2O2S/c1-5-11(13-9(3)16-18-10(13)4)15-14(17)12-7-6-8(2)19-12/h6-7,11H,5H2,1-4H3,(H,15,17)/t11-/m0/s1. The van der Waals surface area contributed by atoms with E-state index < -0.39 is 0 Å². The molecule has 2 aromatic heterocycles. The molecule has 4 nitrogen and oxygen atoms in total. The Hall–Kier alpha value is -1.62. The predicted octanol–water partition coefficient (Wildman–Crippen LogP) is 3.54. The maximum Gasteiger partial charge on any atom is 0.261 e. The van der Waals surface area contributed by atoms with Gasteiger partial charge in [-0.3, -0.25) is 4.79 Å². The minimum atomic E-state index is -0.0545. The van der Waals surface area contributed by atoms with Gasteiger partial charge in [-0.15, -0.1) is 11.3 Å². The van der Waals surface area contributed by atoms with Crippen LogP contribution < -0.4 is 5.32 Å². The van der Waals surface area contributed by atoms with Crippen molar-refractivity contribution in [1.29, 1.82) is 0 Å². The van der Waals surface area contributed by atoms with Gasteiger partial charge in [-0.1, -0.05) is 12.1 Å². The Morgan fingerprint density at radius 2 is 2.16 bits per heavy atom. The highest BCUT2D eigenvalue weighted by Crippen LogP contribution is 2.25. The summed E-state index contributed by atoms with van der Waals surface area (Å²) >= 11 is 1.50. The van der Waals surface area contributed by atoms with Crippen LogP contribution in [0.5, 0.6) is 0 Å². The Balaban J connectivity index is 2.18. The molecule has 2 rings (SSSR count). The number of thiophene rings is 1. The third-order valence-corrected chi connectivity index (χ3v) is 4.11. The summed E-state index contributed by atoms with van der Waals surface area (Å²) < 4.78 is 5.17. The lowest BCUT2D eigenvalue weighted by molar-refractivity contribution is 0.0939. The first-order chi connectivity index (χ1) is 9.02. The summed E-state index contributed by atoms with van der Waals surface area (Å²) in [6.07, 6.45) is 0.805. The van der Waals surface area contributed by atoms with Crippen LogP contribution >= 0.6 is 11.3 Å². The van der Waals surface area contributed by atoms with Gasteiger partial charge >= 0.3 is 0 Å². The summed E-state index contributed by atoms with van der Waals surface area (Å²) in [6.45, 7) is 7.80. The van der Waals surface area contributed by atoms with E-state index in [4.69, 9.17) is 4.52 Å². The molecule has 0 saturated heterocycles. The molecular weight excluding hydrogens is 260 g/mol. The van der Waals surface area contributed by atoms with Crippen LogP contribution in [0.1, 0.15) is 51.0 Å². The van der Waals surface area contributed by atoms with Crippen molar-refractivity contribution in [2.24, 2.45) is 0 Å². The highest BCUT2D eigenvalue weighted by atomic mass is 32.1. The topological polar surface area (TPSA) is 55.1 Å². The van der Waals surface area contributed by atoms with Crippen molar-refractivity contribution in [3.8, 4) is 0 Å². The molecule has 0 unspecified atom stereocenters. The summed E-state index contributed by atoms with van der Waals surface area (Å²) in [5, 5.41) is 7.00. The van der Waals surface area contributed by atoms with Crippen LogP contribution in [0.4, 0.5) is 0 Å². The van der Waals surface area contributed by atoms with Gasteiger partial charge in [-0.05, 0) is 39.3 Å². The SMILES string of the molecule is CC[C@H](NC(=O)c1ccc(C)s1)c1c(C)noc1C. The van der Waals surface area contributed by atoms with Gasteiger partial charge in [0.25, 0.3) is 5.91 Å². The van der Waals surface area contributed by atoms with E-state index in [0.29, 0.717) is 0 Å². The quantitative estimate of drug-likeness (QED) is 0.930. The molecule has 0 aliphatic rings. The van der Waals surface area contributed by atoms with Crippen LogP contribution in [-0.4, -0.2) is 11.1 Å². The van der Waals surface area contributed by atoms with E-state index in [0.717, 1.165) is 33.2 Å². The zero-order valence-corrected chi connectivity index (χ0v) is 12.4. The van der Waals surface area contributed by atoms with E-state index in [1.165, 1.54) is 11.3 Å². The molecule has 0 aliphatic carbocycles. The number of carbonyl (C=O) groups is 1. The van der Waals surface area contributed by atoms with Gasteiger partial charge in [-0.2, -0.15) is 0 Å². The van der Waals surface area contributed by atoms with E-state index in [9.17, 15) is 4.79 Å².